The van der Waals surface area contributed by atoms with Gasteiger partial charge in [-0.05, 0) is 40.2 Å². The smallest absolute Gasteiger partial charge is 0.407 e. The van der Waals surface area contributed by atoms with Crippen molar-refractivity contribution in [3.8, 4) is 0 Å². The van der Waals surface area contributed by atoms with Crippen LogP contribution in [0.1, 0.15) is 40.0 Å². The van der Waals surface area contributed by atoms with E-state index in [9.17, 15) is 9.90 Å². The maximum Gasteiger partial charge on any atom is 0.407 e. The third kappa shape index (κ3) is 5.74. The first-order valence-corrected chi connectivity index (χ1v) is 8.20. The van der Waals surface area contributed by atoms with Crippen molar-refractivity contribution >= 4 is 6.09 Å². The molecule has 6 nitrogen and oxygen atoms in total. The number of hydrogen-bond acceptors (Lipinski definition) is 5. The van der Waals surface area contributed by atoms with Crippen LogP contribution < -0.4 is 5.32 Å². The molecule has 6 heteroatoms. The summed E-state index contributed by atoms with van der Waals surface area (Å²) in [6.45, 7) is 7.21. The monoisotopic (exact) mass is 314 g/mol. The van der Waals surface area contributed by atoms with Crippen LogP contribution in [0.25, 0.3) is 0 Å². The maximum atomic E-state index is 12.0. The highest BCUT2D eigenvalue weighted by Crippen LogP contribution is 2.33. The van der Waals surface area contributed by atoms with E-state index < -0.39 is 11.7 Å². The molecule has 0 radical (unpaired) electrons. The molecule has 2 N–H and O–H groups in total. The molecule has 1 aliphatic heterocycles. The number of likely N-dealkylation sites (N-methyl/N-ethyl adjacent to an activating group) is 1. The number of rotatable bonds is 6. The van der Waals surface area contributed by atoms with Crippen molar-refractivity contribution < 1.29 is 19.4 Å². The molecule has 2 aliphatic rings. The summed E-state index contributed by atoms with van der Waals surface area (Å²) in [6.07, 6.45) is 2.63. The number of nitrogens with zero attached hydrogens (tertiary/aromatic N) is 1. The summed E-state index contributed by atoms with van der Waals surface area (Å²) in [5.74, 6) is 0.707. The van der Waals surface area contributed by atoms with E-state index in [0.29, 0.717) is 25.7 Å². The van der Waals surface area contributed by atoms with Crippen molar-refractivity contribution in [2.75, 3.05) is 26.8 Å². The fraction of sp³-hybridized carbons (Fsp3) is 0.938. The summed E-state index contributed by atoms with van der Waals surface area (Å²) < 4.78 is 10.7. The van der Waals surface area contributed by atoms with Crippen molar-refractivity contribution in [1.29, 1.82) is 0 Å². The molecule has 128 valence electrons. The second kappa shape index (κ2) is 7.15. The lowest BCUT2D eigenvalue weighted by Gasteiger charge is -2.30. The number of alkyl carbamates (subject to hydrolysis) is 1. The van der Waals surface area contributed by atoms with Gasteiger partial charge >= 0.3 is 6.09 Å². The molecule has 2 fully saturated rings. The molecule has 3 atom stereocenters. The van der Waals surface area contributed by atoms with Crippen LogP contribution in [0.2, 0.25) is 0 Å². The van der Waals surface area contributed by atoms with E-state index in [2.05, 4.69) is 10.2 Å². The molecule has 0 bridgehead atoms. The predicted octanol–water partition coefficient (Wildman–Crippen LogP) is 1.37. The van der Waals surface area contributed by atoms with Gasteiger partial charge in [-0.25, -0.2) is 4.79 Å². The third-order valence-corrected chi connectivity index (χ3v) is 4.13. The van der Waals surface area contributed by atoms with Gasteiger partial charge in [0, 0.05) is 12.6 Å². The van der Waals surface area contributed by atoms with E-state index in [1.165, 1.54) is 12.8 Å². The minimum absolute atomic E-state index is 0.00198. The van der Waals surface area contributed by atoms with Crippen LogP contribution in [0.4, 0.5) is 4.79 Å². The quantitative estimate of drug-likeness (QED) is 0.775. The van der Waals surface area contributed by atoms with Crippen LogP contribution in [0.15, 0.2) is 0 Å². The molecular weight excluding hydrogens is 284 g/mol. The molecule has 0 spiro atoms. The van der Waals surface area contributed by atoms with Gasteiger partial charge < -0.3 is 19.9 Å². The average Bonchev–Trinajstić information content (AvgIpc) is 3.05. The second-order valence-electron chi connectivity index (χ2n) is 7.63. The van der Waals surface area contributed by atoms with E-state index in [1.807, 2.05) is 27.8 Å². The summed E-state index contributed by atoms with van der Waals surface area (Å²) in [6, 6.07) is 0.0438. The Bertz CT molecular complexity index is 379. The van der Waals surface area contributed by atoms with Crippen LogP contribution in [0.3, 0.4) is 0 Å². The van der Waals surface area contributed by atoms with Crippen LogP contribution in [-0.2, 0) is 9.47 Å². The molecule has 1 saturated heterocycles. The first-order chi connectivity index (χ1) is 10.2. The highest BCUT2D eigenvalue weighted by atomic mass is 16.6. The Hall–Kier alpha value is -0.850. The fourth-order valence-corrected chi connectivity index (χ4v) is 2.84. The van der Waals surface area contributed by atoms with E-state index in [0.717, 1.165) is 6.42 Å². The van der Waals surface area contributed by atoms with Gasteiger partial charge in [-0.1, -0.05) is 12.8 Å². The fourth-order valence-electron chi connectivity index (χ4n) is 2.84. The molecule has 1 aliphatic carbocycles. The Balaban J connectivity index is 1.86. The summed E-state index contributed by atoms with van der Waals surface area (Å²) in [5.41, 5.74) is -0.490. The van der Waals surface area contributed by atoms with Crippen molar-refractivity contribution in [2.24, 2.45) is 5.92 Å². The number of ether oxygens (including phenoxy) is 2. The molecule has 22 heavy (non-hydrogen) atoms. The number of carbonyl (C=O) groups excluding carboxylic acids is 1. The first kappa shape index (κ1) is 17.5. The van der Waals surface area contributed by atoms with Crippen LogP contribution in [0.5, 0.6) is 0 Å². The van der Waals surface area contributed by atoms with Crippen molar-refractivity contribution in [3.63, 3.8) is 0 Å². The van der Waals surface area contributed by atoms with Crippen LogP contribution in [-0.4, -0.2) is 66.7 Å². The zero-order chi connectivity index (χ0) is 16.3. The van der Waals surface area contributed by atoms with Gasteiger partial charge in [0.1, 0.15) is 5.60 Å². The van der Waals surface area contributed by atoms with Crippen molar-refractivity contribution in [2.45, 2.75) is 63.8 Å². The SMILES string of the molecule is CN(C[C@@H](CC1CC1)NC(=O)OC(C)(C)C)[C@@H]1COC[C@H]1O. The molecule has 2 rings (SSSR count). The van der Waals surface area contributed by atoms with E-state index in [4.69, 9.17) is 9.47 Å². The Morgan fingerprint density at radius 2 is 2.09 bits per heavy atom. The molecular formula is C16H30N2O4. The molecule has 0 aromatic carbocycles. The molecule has 0 aromatic heterocycles. The topological polar surface area (TPSA) is 71.0 Å². The van der Waals surface area contributed by atoms with Gasteiger partial charge in [0.25, 0.3) is 0 Å². The zero-order valence-electron chi connectivity index (χ0n) is 14.2. The maximum absolute atomic E-state index is 12.0. The Labute approximate surface area is 133 Å². The molecule has 1 amide bonds. The highest BCUT2D eigenvalue weighted by Gasteiger charge is 2.33. The van der Waals surface area contributed by atoms with Gasteiger partial charge in [0.05, 0.1) is 25.4 Å². The number of carbonyl (C=O) groups is 1. The highest BCUT2D eigenvalue weighted by molar-refractivity contribution is 5.68. The van der Waals surface area contributed by atoms with Gasteiger partial charge in [0.2, 0.25) is 0 Å². The van der Waals surface area contributed by atoms with E-state index >= 15 is 0 Å². The minimum Gasteiger partial charge on any atom is -0.444 e. The number of aliphatic hydroxyl groups is 1. The van der Waals surface area contributed by atoms with Crippen LogP contribution >= 0.6 is 0 Å². The summed E-state index contributed by atoms with van der Waals surface area (Å²) in [7, 11) is 1.97. The van der Waals surface area contributed by atoms with E-state index in [1.54, 1.807) is 0 Å². The Morgan fingerprint density at radius 3 is 2.59 bits per heavy atom. The normalized spacial score (nSPS) is 27.0. The summed E-state index contributed by atoms with van der Waals surface area (Å²) in [4.78, 5) is 14.1. The zero-order valence-corrected chi connectivity index (χ0v) is 14.2. The van der Waals surface area contributed by atoms with Gasteiger partial charge in [-0.2, -0.15) is 0 Å². The predicted molar refractivity (Wildman–Crippen MR) is 83.7 cm³/mol. The van der Waals surface area contributed by atoms with Gasteiger partial charge in [-0.3, -0.25) is 4.90 Å². The molecule has 0 aromatic rings. The van der Waals surface area contributed by atoms with Gasteiger partial charge in [0.15, 0.2) is 0 Å². The number of amides is 1. The Kier molecular flexibility index (Phi) is 5.69. The third-order valence-electron chi connectivity index (χ3n) is 4.13. The number of nitrogens with one attached hydrogen (secondary N) is 1. The van der Waals surface area contributed by atoms with E-state index in [-0.39, 0.29) is 18.2 Å². The van der Waals surface area contributed by atoms with Crippen molar-refractivity contribution in [3.05, 3.63) is 0 Å². The number of aliphatic hydroxyl groups excluding tert-OH is 1. The lowest BCUT2D eigenvalue weighted by Crippen LogP contribution is -2.49. The second-order valence-corrected chi connectivity index (χ2v) is 7.63. The minimum atomic E-state index is -0.490. The Morgan fingerprint density at radius 1 is 1.41 bits per heavy atom. The average molecular weight is 314 g/mol. The van der Waals surface area contributed by atoms with Gasteiger partial charge in [-0.15, -0.1) is 0 Å². The largest absolute Gasteiger partial charge is 0.444 e. The van der Waals surface area contributed by atoms with Crippen LogP contribution in [0, 0.1) is 5.92 Å². The molecule has 1 heterocycles. The lowest BCUT2D eigenvalue weighted by atomic mass is 10.1. The molecule has 0 unspecified atom stereocenters. The summed E-state index contributed by atoms with van der Waals surface area (Å²) >= 11 is 0. The first-order valence-electron chi connectivity index (χ1n) is 8.20. The molecule has 1 saturated carbocycles. The van der Waals surface area contributed by atoms with Crippen molar-refractivity contribution in [1.82, 2.24) is 10.2 Å². The number of hydrogen-bond donors (Lipinski definition) is 2. The standard InChI is InChI=1S/C16H30N2O4/c1-16(2,3)22-15(20)17-12(7-11-5-6-11)8-18(4)13-9-21-10-14(13)19/h11-14,19H,5-10H2,1-4H3,(H,17,20)/t12-,13-,14-/m1/s1. The summed E-state index contributed by atoms with van der Waals surface area (Å²) in [5, 5.41) is 12.9. The lowest BCUT2D eigenvalue weighted by molar-refractivity contribution is 0.0467.